The molecule has 364 valence electrons. The molecule has 0 saturated carbocycles. The van der Waals surface area contributed by atoms with Gasteiger partial charge in [0.15, 0.2) is 12.4 Å². The van der Waals surface area contributed by atoms with Crippen LogP contribution >= 0.6 is 11.6 Å². The predicted molar refractivity (Wildman–Crippen MR) is 257 cm³/mol. The number of nitrogens with zero attached hydrogens (tertiary/aromatic N) is 3. The number of carbonyl (C=O) groups excluding carboxylic acids is 2. The molecule has 4 aliphatic heterocycles. The lowest BCUT2D eigenvalue weighted by molar-refractivity contribution is -0.287. The highest BCUT2D eigenvalue weighted by atomic mass is 35.5. The molecule has 1 aromatic heterocycles. The number of hydrogen-bond donors (Lipinski definition) is 2. The van der Waals surface area contributed by atoms with Crippen LogP contribution in [-0.2, 0) is 52.7 Å². The Labute approximate surface area is 398 Å². The van der Waals surface area contributed by atoms with Crippen LogP contribution < -0.4 is 0 Å². The fraction of sp³-hybridized carbons (Fsp3) is 0.660. The number of carbonyl (C=O) groups is 2. The van der Waals surface area contributed by atoms with E-state index in [1.165, 1.54) is 5.69 Å². The summed E-state index contributed by atoms with van der Waals surface area (Å²) in [5, 5.41) is 23.8. The van der Waals surface area contributed by atoms with Crippen molar-refractivity contribution >= 4 is 23.5 Å². The van der Waals surface area contributed by atoms with Crippen LogP contribution in [0, 0.1) is 23.2 Å². The van der Waals surface area contributed by atoms with Gasteiger partial charge in [-0.15, -0.1) is 0 Å². The first-order chi connectivity index (χ1) is 31.0. The average Bonchev–Trinajstić information content (AvgIpc) is 3.81. The zero-order valence-electron chi connectivity index (χ0n) is 41.5. The van der Waals surface area contributed by atoms with Gasteiger partial charge in [0.1, 0.15) is 17.8 Å². The number of benzene rings is 2. The van der Waals surface area contributed by atoms with Gasteiger partial charge in [0.2, 0.25) is 0 Å². The Balaban J connectivity index is 1.23. The van der Waals surface area contributed by atoms with Crippen LogP contribution in [0.15, 0.2) is 54.6 Å². The fourth-order valence-electron chi connectivity index (χ4n) is 11.8. The van der Waals surface area contributed by atoms with E-state index in [-0.39, 0.29) is 41.8 Å². The average molecular weight is 935 g/mol. The molecule has 3 saturated heterocycles. The number of likely N-dealkylation sites (N-methyl/N-ethyl adjacent to an activating group) is 2. The van der Waals surface area contributed by atoms with Crippen molar-refractivity contribution in [1.82, 2.24) is 14.4 Å². The van der Waals surface area contributed by atoms with Gasteiger partial charge in [0, 0.05) is 52.6 Å². The van der Waals surface area contributed by atoms with Gasteiger partial charge < -0.3 is 48.3 Å². The van der Waals surface area contributed by atoms with E-state index < -0.39 is 65.9 Å². The molecule has 2 N–H and O–H groups in total. The van der Waals surface area contributed by atoms with E-state index in [9.17, 15) is 19.8 Å². The SMILES string of the molecule is CC[C@H]1OC(=O)[C@H](C)C2O[C@](C)(C[C@@H](C)CN(C)[C@H](C)[C@@H](O)[C@]1(C)O)[C@H](O[C@@H]1O[C@H](C)C[C@H](N(C)C)[C@H]1OC(=O)Cc1c(-c3ccc(Cl)cc3)c(-c3ccccc3)c3n1CC(C)(C)C3)[C@H]2C. The molecule has 66 heavy (non-hydrogen) atoms. The van der Waals surface area contributed by atoms with Crippen molar-refractivity contribution in [2.75, 3.05) is 27.7 Å². The molecule has 0 spiro atoms. The molecular weight excluding hydrogens is 858 g/mol. The van der Waals surface area contributed by atoms with Crippen LogP contribution in [0.2, 0.25) is 5.02 Å². The molecule has 0 aliphatic carbocycles. The summed E-state index contributed by atoms with van der Waals surface area (Å²) in [6.07, 6.45) is -2.93. The van der Waals surface area contributed by atoms with E-state index >= 15 is 0 Å². The summed E-state index contributed by atoms with van der Waals surface area (Å²) in [6.45, 7) is 21.2. The molecule has 13 heteroatoms. The second-order valence-corrected chi connectivity index (χ2v) is 22.2. The predicted octanol–water partition coefficient (Wildman–Crippen LogP) is 8.19. The zero-order chi connectivity index (χ0) is 48.2. The Kier molecular flexibility index (Phi) is 15.0. The lowest BCUT2D eigenvalue weighted by Gasteiger charge is -2.45. The summed E-state index contributed by atoms with van der Waals surface area (Å²) in [7, 11) is 5.91. The number of fused-ring (bicyclic) bond motifs is 3. The van der Waals surface area contributed by atoms with Crippen molar-refractivity contribution in [1.29, 1.82) is 0 Å². The van der Waals surface area contributed by atoms with Gasteiger partial charge >= 0.3 is 11.9 Å². The van der Waals surface area contributed by atoms with E-state index in [1.54, 1.807) is 13.8 Å². The minimum absolute atomic E-state index is 0.0170. The third-order valence-corrected chi connectivity index (χ3v) is 15.5. The molecular formula is C53H76ClN3O9. The molecule has 12 nitrogen and oxygen atoms in total. The minimum Gasteiger partial charge on any atom is -0.459 e. The summed E-state index contributed by atoms with van der Waals surface area (Å²) < 4.78 is 36.1. The van der Waals surface area contributed by atoms with Crippen molar-refractivity contribution in [3.05, 3.63) is 71.0 Å². The van der Waals surface area contributed by atoms with E-state index in [2.05, 4.69) is 54.5 Å². The molecule has 0 radical (unpaired) electrons. The van der Waals surface area contributed by atoms with Crippen LogP contribution in [0.5, 0.6) is 0 Å². The number of aromatic nitrogens is 1. The Morgan fingerprint density at radius 2 is 1.62 bits per heavy atom. The van der Waals surface area contributed by atoms with E-state index in [1.807, 2.05) is 91.0 Å². The van der Waals surface area contributed by atoms with Crippen molar-refractivity contribution in [2.45, 2.75) is 174 Å². The summed E-state index contributed by atoms with van der Waals surface area (Å²) in [5.74, 6) is -1.91. The van der Waals surface area contributed by atoms with Gasteiger partial charge in [0.05, 0.1) is 42.3 Å². The fourth-order valence-corrected chi connectivity index (χ4v) is 12.0. The zero-order valence-corrected chi connectivity index (χ0v) is 42.3. The molecule has 1 unspecified atom stereocenters. The van der Waals surface area contributed by atoms with Crippen LogP contribution in [0.3, 0.4) is 0 Å². The van der Waals surface area contributed by atoms with Gasteiger partial charge in [-0.25, -0.2) is 0 Å². The number of ether oxygens (including phenoxy) is 5. The molecule has 3 fully saturated rings. The summed E-state index contributed by atoms with van der Waals surface area (Å²) in [6, 6.07) is 17.6. The molecule has 7 rings (SSSR count). The number of cyclic esters (lactones) is 1. The van der Waals surface area contributed by atoms with Crippen LogP contribution in [0.25, 0.3) is 22.3 Å². The Hall–Kier alpha value is -3.33. The standard InChI is InChI=1S/C53H76ClN3O9/c1-14-41-53(10,61)47(59)34(6)56(13)28-30(2)26-52(9)48(32(4)45(66-52)33(5)49(60)63-41)65-50-46(39(55(11)12)24-31(3)62-50)64-42(58)25-38-43(36-20-22-37(54)23-21-36)44(35-18-16-15-17-19-35)40-27-51(7,8)29-57(38)40/h15-23,30-34,39,41,45-48,50,59,61H,14,24-29H2,1-13H3/t30-,31-,32+,33-,34-,39+,41-,45?,46-,47-,48-,50+,52-,53-/m1/s1. The molecule has 5 heterocycles. The molecule has 2 aromatic carbocycles. The minimum atomic E-state index is -1.70. The smallest absolute Gasteiger partial charge is 0.312 e. The highest BCUT2D eigenvalue weighted by molar-refractivity contribution is 6.30. The summed E-state index contributed by atoms with van der Waals surface area (Å²) >= 11 is 6.43. The monoisotopic (exact) mass is 934 g/mol. The largest absolute Gasteiger partial charge is 0.459 e. The Morgan fingerprint density at radius 1 is 0.970 bits per heavy atom. The highest BCUT2D eigenvalue weighted by Crippen LogP contribution is 2.49. The van der Waals surface area contributed by atoms with Crippen molar-refractivity contribution < 1.29 is 43.5 Å². The maximum atomic E-state index is 14.9. The number of aliphatic hydroxyl groups is 2. The molecule has 3 aromatic rings. The first-order valence-electron chi connectivity index (χ1n) is 24.2. The summed E-state index contributed by atoms with van der Waals surface area (Å²) in [4.78, 5) is 33.0. The normalized spacial score (nSPS) is 36.5. The highest BCUT2D eigenvalue weighted by Gasteiger charge is 2.57. The number of esters is 2. The molecule has 14 atom stereocenters. The first-order valence-corrected chi connectivity index (χ1v) is 24.6. The third-order valence-electron chi connectivity index (χ3n) is 15.3. The van der Waals surface area contributed by atoms with Gasteiger partial charge in [0.25, 0.3) is 0 Å². The maximum absolute atomic E-state index is 14.9. The molecule has 4 aliphatic rings. The second-order valence-electron chi connectivity index (χ2n) is 21.7. The molecule has 2 bridgehead atoms. The quantitative estimate of drug-likeness (QED) is 0.202. The van der Waals surface area contributed by atoms with Crippen molar-refractivity contribution in [2.24, 2.45) is 23.2 Å². The van der Waals surface area contributed by atoms with E-state index in [0.29, 0.717) is 30.8 Å². The molecule has 0 amide bonds. The topological polar surface area (TPSA) is 132 Å². The Bertz CT molecular complexity index is 2180. The van der Waals surface area contributed by atoms with Gasteiger partial charge in [-0.05, 0) is 116 Å². The third kappa shape index (κ3) is 10.0. The summed E-state index contributed by atoms with van der Waals surface area (Å²) in [5.41, 5.74) is 3.69. The van der Waals surface area contributed by atoms with Gasteiger partial charge in [-0.3, -0.25) is 9.59 Å². The number of hydrogen-bond acceptors (Lipinski definition) is 11. The van der Waals surface area contributed by atoms with Gasteiger partial charge in [-0.1, -0.05) is 88.7 Å². The van der Waals surface area contributed by atoms with E-state index in [4.69, 9.17) is 35.3 Å². The second kappa shape index (κ2) is 19.6. The lowest BCUT2D eigenvalue weighted by Crippen LogP contribution is -2.59. The Morgan fingerprint density at radius 3 is 2.26 bits per heavy atom. The maximum Gasteiger partial charge on any atom is 0.312 e. The number of rotatable bonds is 9. The van der Waals surface area contributed by atoms with E-state index in [0.717, 1.165) is 40.9 Å². The van der Waals surface area contributed by atoms with Gasteiger partial charge in [-0.2, -0.15) is 0 Å². The number of aliphatic hydroxyl groups excluding tert-OH is 1. The van der Waals surface area contributed by atoms with Crippen LogP contribution in [-0.4, -0.2) is 130 Å². The van der Waals surface area contributed by atoms with Crippen LogP contribution in [0.1, 0.15) is 99.9 Å². The van der Waals surface area contributed by atoms with Crippen molar-refractivity contribution in [3.8, 4) is 22.3 Å². The van der Waals surface area contributed by atoms with Crippen LogP contribution in [0.4, 0.5) is 0 Å². The lowest BCUT2D eigenvalue weighted by atomic mass is 9.82. The van der Waals surface area contributed by atoms with Crippen molar-refractivity contribution in [3.63, 3.8) is 0 Å². The number of halogens is 1. The first kappa shape index (κ1) is 50.5.